The molecule has 1 N–H and O–H groups in total. The van der Waals surface area contributed by atoms with E-state index in [0.717, 1.165) is 0 Å². The first kappa shape index (κ1) is 21.9. The number of aliphatic hydroxyl groups excluding tert-OH is 1. The number of hydrogen-bond acceptors (Lipinski definition) is 5. The van der Waals surface area contributed by atoms with Crippen LogP contribution in [-0.4, -0.2) is 28.8 Å². The summed E-state index contributed by atoms with van der Waals surface area (Å²) in [6.07, 6.45) is 1.44. The number of ether oxygens (including phenoxy) is 1. The fraction of sp³-hybridized carbons (Fsp3) is 0.130. The molecule has 6 nitrogen and oxygen atoms in total. The maximum atomic E-state index is 13.6. The number of furan rings is 1. The number of aliphatic hydroxyl groups is 1. The van der Waals surface area contributed by atoms with E-state index in [-0.39, 0.29) is 33.5 Å². The second-order valence-electron chi connectivity index (χ2n) is 7.03. The van der Waals surface area contributed by atoms with Gasteiger partial charge in [-0.1, -0.05) is 35.3 Å². The molecule has 4 rings (SSSR count). The number of hydrogen-bond donors (Lipinski definition) is 1. The van der Waals surface area contributed by atoms with Gasteiger partial charge in [-0.25, -0.2) is 4.39 Å². The SMILES string of the molecule is COc1c(Cl)cc(Cl)cc1/C(O)=C1\C(=O)C(=O)N(Cc2ccco2)C1c1ccc(F)cc1. The monoisotopic (exact) mass is 475 g/mol. The Labute approximate surface area is 192 Å². The van der Waals surface area contributed by atoms with Gasteiger partial charge in [0.15, 0.2) is 0 Å². The molecule has 0 aliphatic carbocycles. The minimum atomic E-state index is -1.01. The number of methoxy groups -OCH3 is 1. The molecule has 164 valence electrons. The molecule has 0 radical (unpaired) electrons. The third-order valence-corrected chi connectivity index (χ3v) is 5.60. The van der Waals surface area contributed by atoms with Gasteiger partial charge in [0.1, 0.15) is 23.1 Å². The molecule has 1 aliphatic heterocycles. The zero-order valence-electron chi connectivity index (χ0n) is 16.6. The smallest absolute Gasteiger partial charge is 0.296 e. The third-order valence-electron chi connectivity index (χ3n) is 5.10. The topological polar surface area (TPSA) is 80.0 Å². The quantitative estimate of drug-likeness (QED) is 0.305. The molecule has 1 saturated heterocycles. The fourth-order valence-electron chi connectivity index (χ4n) is 3.69. The van der Waals surface area contributed by atoms with Crippen LogP contribution in [0.2, 0.25) is 10.0 Å². The van der Waals surface area contributed by atoms with Gasteiger partial charge in [0.05, 0.1) is 42.1 Å². The maximum Gasteiger partial charge on any atom is 0.296 e. The summed E-state index contributed by atoms with van der Waals surface area (Å²) in [6.45, 7) is -0.0379. The van der Waals surface area contributed by atoms with Crippen LogP contribution in [-0.2, 0) is 16.1 Å². The molecule has 9 heteroatoms. The summed E-state index contributed by atoms with van der Waals surface area (Å²) in [5.74, 6) is -2.24. The highest BCUT2D eigenvalue weighted by Gasteiger charge is 2.46. The molecule has 0 spiro atoms. The van der Waals surface area contributed by atoms with Gasteiger partial charge in [-0.2, -0.15) is 0 Å². The molecule has 2 aromatic carbocycles. The van der Waals surface area contributed by atoms with E-state index in [0.29, 0.717) is 11.3 Å². The Morgan fingerprint density at radius 2 is 1.91 bits per heavy atom. The van der Waals surface area contributed by atoms with E-state index in [1.54, 1.807) is 12.1 Å². The average molecular weight is 476 g/mol. The number of nitrogens with zero attached hydrogens (tertiary/aromatic N) is 1. The standard InChI is InChI=1S/C23H16Cl2FNO5/c1-31-22-16(9-13(24)10-17(22)25)20(28)18-19(12-4-6-14(26)7-5-12)27(23(30)21(18)29)11-15-3-2-8-32-15/h2-10,19,28H,11H2,1H3/b20-18+. The Hall–Kier alpha value is -3.29. The Bertz CT molecular complexity index is 1220. The van der Waals surface area contributed by atoms with Crippen LogP contribution in [0.1, 0.15) is 22.9 Å². The number of halogens is 3. The van der Waals surface area contributed by atoms with Crippen LogP contribution in [0.5, 0.6) is 5.75 Å². The minimum Gasteiger partial charge on any atom is -0.507 e. The highest BCUT2D eigenvalue weighted by atomic mass is 35.5. The zero-order valence-corrected chi connectivity index (χ0v) is 18.2. The number of ketones is 1. The van der Waals surface area contributed by atoms with Crippen molar-refractivity contribution in [3.8, 4) is 5.75 Å². The van der Waals surface area contributed by atoms with Crippen molar-refractivity contribution in [3.05, 3.63) is 93.1 Å². The lowest BCUT2D eigenvalue weighted by Crippen LogP contribution is -2.29. The number of benzene rings is 2. The second-order valence-corrected chi connectivity index (χ2v) is 7.87. The van der Waals surface area contributed by atoms with Crippen LogP contribution < -0.4 is 4.74 Å². The van der Waals surface area contributed by atoms with Crippen molar-refractivity contribution in [2.45, 2.75) is 12.6 Å². The van der Waals surface area contributed by atoms with Crippen molar-refractivity contribution < 1.29 is 28.2 Å². The predicted octanol–water partition coefficient (Wildman–Crippen LogP) is 5.36. The number of carbonyl (C=O) groups is 2. The van der Waals surface area contributed by atoms with Crippen molar-refractivity contribution in [2.24, 2.45) is 0 Å². The number of rotatable bonds is 5. The molecule has 0 bridgehead atoms. The van der Waals surface area contributed by atoms with Gasteiger partial charge in [-0.15, -0.1) is 0 Å². The Balaban J connectivity index is 1.93. The lowest BCUT2D eigenvalue weighted by molar-refractivity contribution is -0.140. The summed E-state index contributed by atoms with van der Waals surface area (Å²) in [6, 6.07) is 10.4. The van der Waals surface area contributed by atoms with Gasteiger partial charge >= 0.3 is 0 Å². The Morgan fingerprint density at radius 3 is 2.53 bits per heavy atom. The van der Waals surface area contributed by atoms with E-state index in [2.05, 4.69) is 0 Å². The van der Waals surface area contributed by atoms with Gasteiger partial charge in [0.25, 0.3) is 11.7 Å². The first-order valence-electron chi connectivity index (χ1n) is 9.41. The summed E-state index contributed by atoms with van der Waals surface area (Å²) >= 11 is 12.3. The fourth-order valence-corrected chi connectivity index (χ4v) is 4.26. The van der Waals surface area contributed by atoms with Gasteiger partial charge in [-0.3, -0.25) is 9.59 Å². The first-order chi connectivity index (χ1) is 15.3. The van der Waals surface area contributed by atoms with E-state index in [9.17, 15) is 19.1 Å². The van der Waals surface area contributed by atoms with Gasteiger partial charge in [0.2, 0.25) is 0 Å². The molecule has 1 atom stereocenters. The number of likely N-dealkylation sites (tertiary alicyclic amines) is 1. The summed E-state index contributed by atoms with van der Waals surface area (Å²) in [7, 11) is 1.35. The molecular weight excluding hydrogens is 460 g/mol. The summed E-state index contributed by atoms with van der Waals surface area (Å²) in [4.78, 5) is 27.3. The van der Waals surface area contributed by atoms with Gasteiger partial charge in [0, 0.05) is 5.02 Å². The maximum absolute atomic E-state index is 13.6. The lowest BCUT2D eigenvalue weighted by Gasteiger charge is -2.24. The zero-order chi connectivity index (χ0) is 23.0. The van der Waals surface area contributed by atoms with Crippen molar-refractivity contribution in [1.82, 2.24) is 4.90 Å². The number of carbonyl (C=O) groups excluding carboxylic acids is 2. The number of amides is 1. The molecule has 32 heavy (non-hydrogen) atoms. The normalized spacial score (nSPS) is 17.8. The third kappa shape index (κ3) is 3.85. The van der Waals surface area contributed by atoms with Crippen LogP contribution in [0.25, 0.3) is 5.76 Å². The van der Waals surface area contributed by atoms with Crippen LogP contribution in [0.4, 0.5) is 4.39 Å². The van der Waals surface area contributed by atoms with Crippen molar-refractivity contribution >= 4 is 40.7 Å². The van der Waals surface area contributed by atoms with E-state index < -0.39 is 29.3 Å². The van der Waals surface area contributed by atoms with Crippen molar-refractivity contribution in [2.75, 3.05) is 7.11 Å². The van der Waals surface area contributed by atoms with E-state index in [1.807, 2.05) is 0 Å². The van der Waals surface area contributed by atoms with E-state index >= 15 is 0 Å². The lowest BCUT2D eigenvalue weighted by atomic mass is 9.95. The van der Waals surface area contributed by atoms with Crippen LogP contribution >= 0.6 is 23.2 Å². The average Bonchev–Trinajstić information content (AvgIpc) is 3.36. The van der Waals surface area contributed by atoms with Crippen LogP contribution in [0.15, 0.2) is 64.8 Å². The molecule has 1 aliphatic rings. The highest BCUT2D eigenvalue weighted by Crippen LogP contribution is 2.43. The first-order valence-corrected chi connectivity index (χ1v) is 10.2. The molecule has 1 unspecified atom stereocenters. The van der Waals surface area contributed by atoms with Crippen molar-refractivity contribution in [3.63, 3.8) is 0 Å². The molecular formula is C23H16Cl2FNO5. The number of Topliss-reactive ketones (excluding diaryl/α,β-unsaturated/α-hetero) is 1. The Morgan fingerprint density at radius 1 is 1.19 bits per heavy atom. The Kier molecular flexibility index (Phi) is 5.95. The minimum absolute atomic E-state index is 0.0379. The van der Waals surface area contributed by atoms with Crippen molar-refractivity contribution in [1.29, 1.82) is 0 Å². The highest BCUT2D eigenvalue weighted by molar-refractivity contribution is 6.46. The summed E-state index contributed by atoms with van der Waals surface area (Å²) < 4.78 is 24.2. The predicted molar refractivity (Wildman–Crippen MR) is 116 cm³/mol. The largest absolute Gasteiger partial charge is 0.507 e. The molecule has 0 saturated carbocycles. The van der Waals surface area contributed by atoms with Crippen LogP contribution in [0, 0.1) is 5.82 Å². The molecule has 1 aromatic heterocycles. The molecule has 1 fully saturated rings. The van der Waals surface area contributed by atoms with E-state index in [1.165, 1.54) is 54.7 Å². The van der Waals surface area contributed by atoms with E-state index in [4.69, 9.17) is 32.4 Å². The molecule has 1 amide bonds. The van der Waals surface area contributed by atoms with Gasteiger partial charge < -0.3 is 19.2 Å². The molecule has 3 aromatic rings. The van der Waals surface area contributed by atoms with Crippen LogP contribution in [0.3, 0.4) is 0 Å². The van der Waals surface area contributed by atoms with Gasteiger partial charge in [-0.05, 0) is 42.0 Å². The summed E-state index contributed by atoms with van der Waals surface area (Å²) in [5, 5.41) is 11.5. The second kappa shape index (κ2) is 8.68. The molecule has 2 heterocycles. The summed E-state index contributed by atoms with van der Waals surface area (Å²) in [5.41, 5.74) is 0.267.